The van der Waals surface area contributed by atoms with Crippen molar-refractivity contribution in [1.82, 2.24) is 20.1 Å². The number of aromatic nitrogens is 3. The third-order valence-corrected chi connectivity index (χ3v) is 6.79. The van der Waals surface area contributed by atoms with Crippen molar-refractivity contribution in [2.75, 3.05) is 25.2 Å². The molecule has 2 heterocycles. The van der Waals surface area contributed by atoms with Crippen LogP contribution in [-0.4, -0.2) is 40.9 Å². The molecule has 0 unspecified atom stereocenters. The molecule has 0 saturated carbocycles. The van der Waals surface area contributed by atoms with Crippen molar-refractivity contribution in [3.63, 3.8) is 0 Å². The standard InChI is InChI=1S/C29H25F3N6O2/c1-37-17-35-36-27(37)23-10-18(14-33)6-7-22(23)20-4-3-5-21(13-20)38-16-25-24(28(38)39)11-19(15-34-8-9-40-2)12-26(25)29(30,31)32/h3-7,10-13,17,34H,8-9,15-16H2,1-2H3. The highest BCUT2D eigenvalue weighted by atomic mass is 19.4. The van der Waals surface area contributed by atoms with Gasteiger partial charge in [0, 0.05) is 44.1 Å². The fraction of sp³-hybridized carbons (Fsp3) is 0.241. The molecule has 4 aromatic rings. The first-order chi connectivity index (χ1) is 19.2. The number of ether oxygens (including phenoxy) is 1. The van der Waals surface area contributed by atoms with E-state index in [-0.39, 0.29) is 24.2 Å². The van der Waals surface area contributed by atoms with Gasteiger partial charge >= 0.3 is 6.18 Å². The highest BCUT2D eigenvalue weighted by Crippen LogP contribution is 2.40. The first-order valence-corrected chi connectivity index (χ1v) is 12.4. The molecule has 40 heavy (non-hydrogen) atoms. The predicted molar refractivity (Wildman–Crippen MR) is 142 cm³/mol. The van der Waals surface area contributed by atoms with E-state index >= 15 is 0 Å². The minimum atomic E-state index is -4.61. The number of nitrogens with zero attached hydrogens (tertiary/aromatic N) is 5. The van der Waals surface area contributed by atoms with Crippen molar-refractivity contribution in [2.24, 2.45) is 7.05 Å². The lowest BCUT2D eigenvalue weighted by molar-refractivity contribution is -0.138. The first-order valence-electron chi connectivity index (χ1n) is 12.4. The number of halogens is 3. The minimum Gasteiger partial charge on any atom is -0.383 e. The van der Waals surface area contributed by atoms with Crippen molar-refractivity contribution in [3.05, 3.63) is 88.7 Å². The lowest BCUT2D eigenvalue weighted by Crippen LogP contribution is -2.23. The Kier molecular flexibility index (Phi) is 7.38. The van der Waals surface area contributed by atoms with Gasteiger partial charge in [-0.05, 0) is 58.7 Å². The largest absolute Gasteiger partial charge is 0.416 e. The van der Waals surface area contributed by atoms with Gasteiger partial charge in [-0.2, -0.15) is 18.4 Å². The highest BCUT2D eigenvalue weighted by Gasteiger charge is 2.40. The summed E-state index contributed by atoms with van der Waals surface area (Å²) in [6, 6.07) is 17.0. The van der Waals surface area contributed by atoms with E-state index in [1.165, 1.54) is 11.0 Å². The van der Waals surface area contributed by atoms with Gasteiger partial charge in [-0.15, -0.1) is 10.2 Å². The molecule has 11 heteroatoms. The van der Waals surface area contributed by atoms with Crippen LogP contribution in [0.4, 0.5) is 18.9 Å². The van der Waals surface area contributed by atoms with E-state index in [1.807, 2.05) is 6.07 Å². The average Bonchev–Trinajstić information content (AvgIpc) is 3.52. The molecule has 0 spiro atoms. The molecule has 0 fully saturated rings. The van der Waals surface area contributed by atoms with Gasteiger partial charge in [-0.3, -0.25) is 4.79 Å². The Bertz CT molecular complexity index is 1620. The van der Waals surface area contributed by atoms with E-state index in [0.717, 1.165) is 11.6 Å². The summed E-state index contributed by atoms with van der Waals surface area (Å²) in [5, 5.41) is 20.6. The Balaban J connectivity index is 1.52. The topological polar surface area (TPSA) is 96.1 Å². The van der Waals surface area contributed by atoms with Crippen LogP contribution in [-0.2, 0) is 31.1 Å². The maximum Gasteiger partial charge on any atom is 0.416 e. The molecular formula is C29H25F3N6O2. The van der Waals surface area contributed by atoms with Crippen LogP contribution in [0.2, 0.25) is 0 Å². The molecular weight excluding hydrogens is 521 g/mol. The fourth-order valence-corrected chi connectivity index (χ4v) is 4.86. The second kappa shape index (κ2) is 10.9. The minimum absolute atomic E-state index is 0.0401. The van der Waals surface area contributed by atoms with Crippen molar-refractivity contribution in [2.45, 2.75) is 19.3 Å². The summed E-state index contributed by atoms with van der Waals surface area (Å²) in [7, 11) is 3.33. The number of carbonyl (C=O) groups is 1. The van der Waals surface area contributed by atoms with Crippen LogP contribution in [0.25, 0.3) is 22.5 Å². The van der Waals surface area contributed by atoms with Gasteiger partial charge < -0.3 is 19.5 Å². The lowest BCUT2D eigenvalue weighted by Gasteiger charge is -2.18. The van der Waals surface area contributed by atoms with Crippen LogP contribution in [0.5, 0.6) is 0 Å². The molecule has 1 aromatic heterocycles. The van der Waals surface area contributed by atoms with Gasteiger partial charge in [0.1, 0.15) is 6.33 Å². The SMILES string of the molecule is COCCNCc1cc2c(c(C(F)(F)F)c1)CN(c1cccc(-c3ccc(C#N)cc3-c3nncn3C)c1)C2=O. The number of alkyl halides is 3. The number of fused-ring (bicyclic) bond motifs is 1. The van der Waals surface area contributed by atoms with Crippen molar-refractivity contribution < 1.29 is 22.7 Å². The molecule has 204 valence electrons. The number of nitriles is 1. The van der Waals surface area contributed by atoms with Gasteiger partial charge in [0.05, 0.1) is 30.3 Å². The third-order valence-electron chi connectivity index (χ3n) is 6.79. The van der Waals surface area contributed by atoms with E-state index in [2.05, 4.69) is 21.6 Å². The second-order valence-electron chi connectivity index (χ2n) is 9.42. The number of carbonyl (C=O) groups excluding carboxylic acids is 1. The zero-order valence-corrected chi connectivity index (χ0v) is 21.8. The number of anilines is 1. The molecule has 0 atom stereocenters. The van der Waals surface area contributed by atoms with E-state index < -0.39 is 17.6 Å². The number of methoxy groups -OCH3 is 1. The van der Waals surface area contributed by atoms with Crippen LogP contribution in [0.15, 0.2) is 60.9 Å². The molecule has 5 rings (SSSR count). The zero-order valence-electron chi connectivity index (χ0n) is 21.8. The summed E-state index contributed by atoms with van der Waals surface area (Å²) in [4.78, 5) is 14.9. The molecule has 1 amide bonds. The number of hydrogen-bond donors (Lipinski definition) is 1. The maximum atomic E-state index is 14.1. The average molecular weight is 547 g/mol. The number of hydrogen-bond acceptors (Lipinski definition) is 6. The summed E-state index contributed by atoms with van der Waals surface area (Å²) in [6.45, 7) is 0.852. The fourth-order valence-electron chi connectivity index (χ4n) is 4.86. The second-order valence-corrected chi connectivity index (χ2v) is 9.42. The van der Waals surface area contributed by atoms with Crippen molar-refractivity contribution in [1.29, 1.82) is 5.26 Å². The first kappa shape index (κ1) is 27.1. The van der Waals surface area contributed by atoms with E-state index in [4.69, 9.17) is 4.74 Å². The smallest absolute Gasteiger partial charge is 0.383 e. The highest BCUT2D eigenvalue weighted by molar-refractivity contribution is 6.10. The summed E-state index contributed by atoms with van der Waals surface area (Å²) in [6.07, 6.45) is -3.06. The molecule has 0 aliphatic carbocycles. The van der Waals surface area contributed by atoms with Gasteiger partial charge in [0.15, 0.2) is 5.82 Å². The van der Waals surface area contributed by atoms with Crippen LogP contribution in [0.1, 0.15) is 32.6 Å². The van der Waals surface area contributed by atoms with E-state index in [0.29, 0.717) is 46.9 Å². The Hall–Kier alpha value is -4.53. The molecule has 8 nitrogen and oxygen atoms in total. The van der Waals surface area contributed by atoms with Gasteiger partial charge in [0.2, 0.25) is 0 Å². The van der Waals surface area contributed by atoms with Gasteiger partial charge in [-0.1, -0.05) is 18.2 Å². The summed E-state index contributed by atoms with van der Waals surface area (Å²) in [5.41, 5.74) is 2.58. The summed E-state index contributed by atoms with van der Waals surface area (Å²) < 4.78 is 48.9. The Morgan fingerprint density at radius 1 is 1.10 bits per heavy atom. The number of nitrogens with one attached hydrogen (secondary N) is 1. The number of benzene rings is 3. The Morgan fingerprint density at radius 2 is 1.93 bits per heavy atom. The van der Waals surface area contributed by atoms with Crippen LogP contribution in [0, 0.1) is 11.3 Å². The normalized spacial score (nSPS) is 13.0. The van der Waals surface area contributed by atoms with E-state index in [9.17, 15) is 23.2 Å². The van der Waals surface area contributed by atoms with Crippen LogP contribution in [0.3, 0.4) is 0 Å². The molecule has 1 N–H and O–H groups in total. The zero-order chi connectivity index (χ0) is 28.4. The predicted octanol–water partition coefficient (Wildman–Crippen LogP) is 4.94. The number of rotatable bonds is 8. The molecule has 3 aromatic carbocycles. The summed E-state index contributed by atoms with van der Waals surface area (Å²) in [5.74, 6) is 0.0494. The van der Waals surface area contributed by atoms with Crippen molar-refractivity contribution >= 4 is 11.6 Å². The van der Waals surface area contributed by atoms with Crippen molar-refractivity contribution in [3.8, 4) is 28.6 Å². The van der Waals surface area contributed by atoms with Crippen LogP contribution >= 0.6 is 0 Å². The van der Waals surface area contributed by atoms with Gasteiger partial charge in [0.25, 0.3) is 5.91 Å². The van der Waals surface area contributed by atoms with E-state index in [1.54, 1.807) is 61.5 Å². The number of aryl methyl sites for hydroxylation is 1. The quantitative estimate of drug-likeness (QED) is 0.315. The summed E-state index contributed by atoms with van der Waals surface area (Å²) >= 11 is 0. The molecule has 0 bridgehead atoms. The molecule has 0 radical (unpaired) electrons. The molecule has 0 saturated heterocycles. The Labute approximate surface area is 228 Å². The maximum absolute atomic E-state index is 14.1. The molecule has 1 aliphatic rings. The lowest BCUT2D eigenvalue weighted by atomic mass is 9.96. The van der Waals surface area contributed by atoms with Crippen LogP contribution < -0.4 is 10.2 Å². The molecule has 1 aliphatic heterocycles. The van der Waals surface area contributed by atoms with Gasteiger partial charge in [-0.25, -0.2) is 0 Å². The monoisotopic (exact) mass is 546 g/mol. The third kappa shape index (κ3) is 5.19. The number of amides is 1. The Morgan fingerprint density at radius 3 is 2.62 bits per heavy atom.